The quantitative estimate of drug-likeness (QED) is 0.386. The van der Waals surface area contributed by atoms with Gasteiger partial charge in [-0.1, -0.05) is 6.08 Å². The van der Waals surface area contributed by atoms with Crippen LogP contribution in [0.2, 0.25) is 0 Å². The Hall–Kier alpha value is -2.52. The number of rotatable bonds is 6. The molecule has 0 aromatic heterocycles. The van der Waals surface area contributed by atoms with E-state index in [2.05, 4.69) is 5.32 Å². The molecule has 1 aliphatic heterocycles. The molecule has 176 valence electrons. The van der Waals surface area contributed by atoms with Crippen LogP contribution in [0.15, 0.2) is 23.7 Å². The molecule has 0 bridgehead atoms. The number of esters is 1. The number of anilines is 1. The summed E-state index contributed by atoms with van der Waals surface area (Å²) in [5.74, 6) is -0.439. The maximum Gasteiger partial charge on any atom is 0.492 e. The molecule has 9 heteroatoms. The number of hydrogen-bond acceptors (Lipinski definition) is 7. The van der Waals surface area contributed by atoms with E-state index in [0.29, 0.717) is 22.3 Å². The summed E-state index contributed by atoms with van der Waals surface area (Å²) in [7, 11) is -0.722. The van der Waals surface area contributed by atoms with Crippen LogP contribution in [0.3, 0.4) is 0 Å². The van der Waals surface area contributed by atoms with E-state index in [1.165, 1.54) is 0 Å². The highest BCUT2D eigenvalue weighted by atomic mass is 16.7. The first-order valence-corrected chi connectivity index (χ1v) is 10.7. The van der Waals surface area contributed by atoms with Crippen LogP contribution in [-0.2, 0) is 18.8 Å². The lowest BCUT2D eigenvalue weighted by molar-refractivity contribution is 0.00578. The lowest BCUT2D eigenvalue weighted by Crippen LogP contribution is -2.41. The van der Waals surface area contributed by atoms with Gasteiger partial charge in [0.05, 0.1) is 23.4 Å². The van der Waals surface area contributed by atoms with Gasteiger partial charge in [-0.05, 0) is 84.6 Å². The van der Waals surface area contributed by atoms with Gasteiger partial charge in [0.25, 0.3) is 0 Å². The Balaban J connectivity index is 2.38. The van der Waals surface area contributed by atoms with Gasteiger partial charge in [0.1, 0.15) is 5.60 Å². The highest BCUT2D eigenvalue weighted by Crippen LogP contribution is 2.39. The second-order valence-electron chi connectivity index (χ2n) is 9.73. The lowest BCUT2D eigenvalue weighted by Gasteiger charge is -2.32. The molecule has 1 fully saturated rings. The first-order chi connectivity index (χ1) is 14.6. The molecule has 0 unspecified atom stereocenters. The third-order valence-corrected chi connectivity index (χ3v) is 5.33. The van der Waals surface area contributed by atoms with E-state index < -0.39 is 36.0 Å². The maximum absolute atomic E-state index is 12.2. The van der Waals surface area contributed by atoms with Gasteiger partial charge in [-0.3, -0.25) is 0 Å². The van der Waals surface area contributed by atoms with Crippen molar-refractivity contribution in [3.05, 3.63) is 34.8 Å². The normalized spacial score (nSPS) is 17.8. The Morgan fingerprint density at radius 2 is 1.75 bits per heavy atom. The molecule has 2 rings (SSSR count). The summed E-state index contributed by atoms with van der Waals surface area (Å²) in [4.78, 5) is 24.4. The van der Waals surface area contributed by atoms with Crippen molar-refractivity contribution >= 4 is 30.9 Å². The van der Waals surface area contributed by atoms with Crippen molar-refractivity contribution in [2.75, 3.05) is 18.9 Å². The number of carbonyl (C=O) groups excluding carboxylic acids is 2. The second-order valence-corrected chi connectivity index (χ2v) is 9.73. The predicted molar refractivity (Wildman–Crippen MR) is 125 cm³/mol. The fraction of sp³-hybridized carbons (Fsp3) is 0.565. The average molecular weight is 446 g/mol. The zero-order chi connectivity index (χ0) is 24.3. The van der Waals surface area contributed by atoms with Crippen molar-refractivity contribution in [3.8, 4) is 0 Å². The third kappa shape index (κ3) is 6.49. The van der Waals surface area contributed by atoms with Crippen molar-refractivity contribution in [1.82, 2.24) is 5.32 Å². The van der Waals surface area contributed by atoms with Crippen molar-refractivity contribution in [2.45, 2.75) is 72.2 Å². The van der Waals surface area contributed by atoms with Gasteiger partial charge < -0.3 is 29.8 Å². The number of nitrogens with one attached hydrogen (secondary N) is 1. The number of carbonyl (C=O) groups is 2. The van der Waals surface area contributed by atoms with Crippen molar-refractivity contribution < 1.29 is 28.4 Å². The van der Waals surface area contributed by atoms with Crippen LogP contribution in [0, 0.1) is 0 Å². The molecular formula is C23H35BN2O6. The molecule has 0 atom stereocenters. The van der Waals surface area contributed by atoms with Gasteiger partial charge >= 0.3 is 19.2 Å². The zero-order valence-electron chi connectivity index (χ0n) is 20.3. The molecule has 1 aliphatic rings. The fourth-order valence-electron chi connectivity index (χ4n) is 2.93. The fourth-order valence-corrected chi connectivity index (χ4v) is 2.93. The molecule has 0 saturated carbocycles. The number of ether oxygens (including phenoxy) is 2. The Morgan fingerprint density at radius 1 is 1.16 bits per heavy atom. The van der Waals surface area contributed by atoms with E-state index in [9.17, 15) is 9.59 Å². The summed E-state index contributed by atoms with van der Waals surface area (Å²) < 4.78 is 22.8. The van der Waals surface area contributed by atoms with Gasteiger partial charge in [-0.25, -0.2) is 9.59 Å². The molecular weight excluding hydrogens is 411 g/mol. The van der Waals surface area contributed by atoms with Crippen molar-refractivity contribution in [2.24, 2.45) is 0 Å². The zero-order valence-corrected chi connectivity index (χ0v) is 20.3. The number of benzene rings is 1. The minimum Gasteiger partial charge on any atom is -0.462 e. The largest absolute Gasteiger partial charge is 0.492 e. The summed E-state index contributed by atoms with van der Waals surface area (Å²) >= 11 is 0. The minimum absolute atomic E-state index is 0.106. The minimum atomic E-state index is -0.722. The topological polar surface area (TPSA) is 109 Å². The summed E-state index contributed by atoms with van der Waals surface area (Å²) in [6.07, 6.45) is 1.20. The number of hydrogen-bond donors (Lipinski definition) is 2. The van der Waals surface area contributed by atoms with Crippen LogP contribution in [0.25, 0.3) is 6.08 Å². The van der Waals surface area contributed by atoms with E-state index in [1.807, 2.05) is 27.7 Å². The Labute approximate surface area is 190 Å². The highest BCUT2D eigenvalue weighted by molar-refractivity contribution is 6.56. The lowest BCUT2D eigenvalue weighted by atomic mass is 9.76. The molecule has 1 amide bonds. The highest BCUT2D eigenvalue weighted by Gasteiger charge is 2.52. The van der Waals surface area contributed by atoms with Gasteiger partial charge in [-0.2, -0.15) is 0 Å². The molecule has 32 heavy (non-hydrogen) atoms. The molecule has 0 aliphatic carbocycles. The van der Waals surface area contributed by atoms with E-state index in [4.69, 9.17) is 24.5 Å². The van der Waals surface area contributed by atoms with Crippen LogP contribution < -0.4 is 11.1 Å². The molecule has 1 saturated heterocycles. The molecule has 8 nitrogen and oxygen atoms in total. The molecule has 1 aromatic rings. The summed E-state index contributed by atoms with van der Waals surface area (Å²) in [6, 6.07) is 4.89. The smallest absolute Gasteiger partial charge is 0.462 e. The molecule has 0 spiro atoms. The first-order valence-electron chi connectivity index (χ1n) is 10.7. The van der Waals surface area contributed by atoms with Gasteiger partial charge in [0.2, 0.25) is 0 Å². The third-order valence-electron chi connectivity index (χ3n) is 5.33. The van der Waals surface area contributed by atoms with Gasteiger partial charge in [0, 0.05) is 12.2 Å². The second kappa shape index (κ2) is 9.54. The monoisotopic (exact) mass is 446 g/mol. The first kappa shape index (κ1) is 25.7. The van der Waals surface area contributed by atoms with Gasteiger partial charge in [-0.15, -0.1) is 0 Å². The Bertz CT molecular complexity index is 873. The molecule has 0 radical (unpaired) electrons. The number of amides is 1. The van der Waals surface area contributed by atoms with E-state index in [1.54, 1.807) is 52.0 Å². The Kier molecular flexibility index (Phi) is 7.68. The average Bonchev–Trinajstić information content (AvgIpc) is 2.86. The van der Waals surface area contributed by atoms with Crippen LogP contribution in [0.4, 0.5) is 10.5 Å². The predicted octanol–water partition coefficient (Wildman–Crippen LogP) is 3.99. The summed E-state index contributed by atoms with van der Waals surface area (Å²) in [5.41, 5.74) is 6.45. The standard InChI is InChI=1S/C23H35BN2O6/c1-9-29-19(27)15-10-11-18(25)16(12-15)13-17(14-26-20(28)30-21(2,3)4)24-31-22(5,6)23(7,8)32-24/h10-13H,9,14,25H2,1-8H3,(H,26,28). The summed E-state index contributed by atoms with van der Waals surface area (Å²) in [6.45, 7) is 15.3. The SMILES string of the molecule is CCOC(=O)c1ccc(N)c(C=C(CNC(=O)OC(C)(C)C)B2OC(C)(C)C(C)(C)O2)c1. The van der Waals surface area contributed by atoms with Gasteiger partial charge in [0.15, 0.2) is 0 Å². The summed E-state index contributed by atoms with van der Waals surface area (Å²) in [5, 5.41) is 2.75. The van der Waals surface area contributed by atoms with E-state index in [-0.39, 0.29) is 13.2 Å². The van der Waals surface area contributed by atoms with Crippen molar-refractivity contribution in [3.63, 3.8) is 0 Å². The van der Waals surface area contributed by atoms with Crippen LogP contribution >= 0.6 is 0 Å². The van der Waals surface area contributed by atoms with Crippen LogP contribution in [-0.4, -0.2) is 49.1 Å². The van der Waals surface area contributed by atoms with E-state index in [0.717, 1.165) is 0 Å². The number of nitrogen functional groups attached to an aromatic ring is 1. The maximum atomic E-state index is 12.2. The van der Waals surface area contributed by atoms with E-state index >= 15 is 0 Å². The Morgan fingerprint density at radius 3 is 2.28 bits per heavy atom. The molecule has 3 N–H and O–H groups in total. The van der Waals surface area contributed by atoms with Crippen LogP contribution in [0.5, 0.6) is 0 Å². The molecule has 1 heterocycles. The number of nitrogens with two attached hydrogens (primary N) is 1. The number of alkyl carbamates (subject to hydrolysis) is 1. The van der Waals surface area contributed by atoms with Crippen molar-refractivity contribution in [1.29, 1.82) is 0 Å². The molecule has 1 aromatic carbocycles. The van der Waals surface area contributed by atoms with Crippen LogP contribution in [0.1, 0.15) is 71.3 Å².